The van der Waals surface area contributed by atoms with Crippen LogP contribution in [0.3, 0.4) is 0 Å². The minimum atomic E-state index is -0.434. The Morgan fingerprint density at radius 3 is 2.84 bits per heavy atom. The van der Waals surface area contributed by atoms with Gasteiger partial charge in [-0.2, -0.15) is 0 Å². The molecule has 130 valence electrons. The van der Waals surface area contributed by atoms with E-state index in [4.69, 9.17) is 4.74 Å². The lowest BCUT2D eigenvalue weighted by Crippen LogP contribution is -2.25. The number of ether oxygens (including phenoxy) is 1. The normalized spacial score (nSPS) is 10.8. The predicted molar refractivity (Wildman–Crippen MR) is 90.4 cm³/mol. The zero-order valence-electron chi connectivity index (χ0n) is 14.3. The van der Waals surface area contributed by atoms with Crippen molar-refractivity contribution in [2.45, 2.75) is 27.3 Å². The Bertz CT molecular complexity index is 941. The Morgan fingerprint density at radius 1 is 1.28 bits per heavy atom. The number of esters is 1. The Labute approximate surface area is 144 Å². The van der Waals surface area contributed by atoms with Crippen LogP contribution in [-0.4, -0.2) is 38.1 Å². The third-order valence-corrected chi connectivity index (χ3v) is 3.94. The molecule has 8 heteroatoms. The van der Waals surface area contributed by atoms with Gasteiger partial charge in [0.05, 0.1) is 18.7 Å². The Balaban J connectivity index is 1.78. The van der Waals surface area contributed by atoms with E-state index in [9.17, 15) is 9.59 Å². The van der Waals surface area contributed by atoms with Crippen molar-refractivity contribution >= 4 is 17.5 Å². The molecule has 0 unspecified atom stereocenters. The summed E-state index contributed by atoms with van der Waals surface area (Å²) >= 11 is 0. The van der Waals surface area contributed by atoms with Crippen molar-refractivity contribution in [2.75, 3.05) is 6.61 Å². The maximum atomic E-state index is 12.5. The molecule has 0 aliphatic heterocycles. The third-order valence-electron chi connectivity index (χ3n) is 3.94. The predicted octanol–water partition coefficient (Wildman–Crippen LogP) is 1.78. The van der Waals surface area contributed by atoms with Crippen molar-refractivity contribution < 1.29 is 14.3 Å². The quantitative estimate of drug-likeness (QED) is 0.689. The van der Waals surface area contributed by atoms with E-state index in [0.717, 1.165) is 0 Å². The molecule has 0 aliphatic carbocycles. The van der Waals surface area contributed by atoms with Crippen LogP contribution in [0.15, 0.2) is 24.4 Å². The zero-order chi connectivity index (χ0) is 18.0. The molecular weight excluding hydrogens is 322 g/mol. The summed E-state index contributed by atoms with van der Waals surface area (Å²) in [5, 5.41) is 10.9. The number of nitrogens with one attached hydrogen (secondary N) is 2. The lowest BCUT2D eigenvalue weighted by Gasteiger charge is -2.05. The summed E-state index contributed by atoms with van der Waals surface area (Å²) in [6.07, 6.45) is 1.83. The lowest BCUT2D eigenvalue weighted by atomic mass is 10.1. The summed E-state index contributed by atoms with van der Waals surface area (Å²) in [4.78, 5) is 27.5. The van der Waals surface area contributed by atoms with Gasteiger partial charge >= 0.3 is 5.97 Å². The third kappa shape index (κ3) is 3.10. The van der Waals surface area contributed by atoms with Crippen LogP contribution in [0.2, 0.25) is 0 Å². The Kier molecular flexibility index (Phi) is 4.51. The van der Waals surface area contributed by atoms with Gasteiger partial charge in [0.25, 0.3) is 5.91 Å². The molecule has 0 saturated carbocycles. The van der Waals surface area contributed by atoms with Gasteiger partial charge in [-0.3, -0.25) is 9.20 Å². The zero-order valence-corrected chi connectivity index (χ0v) is 14.3. The van der Waals surface area contributed by atoms with E-state index in [0.29, 0.717) is 34.0 Å². The number of pyridine rings is 1. The fourth-order valence-corrected chi connectivity index (χ4v) is 2.75. The molecule has 0 aliphatic rings. The molecule has 3 aromatic rings. The largest absolute Gasteiger partial charge is 0.462 e. The van der Waals surface area contributed by atoms with Crippen LogP contribution in [0, 0.1) is 13.8 Å². The van der Waals surface area contributed by atoms with E-state index >= 15 is 0 Å². The second-order valence-corrected chi connectivity index (χ2v) is 5.57. The first-order valence-electron chi connectivity index (χ1n) is 7.96. The van der Waals surface area contributed by atoms with Crippen LogP contribution in [0.5, 0.6) is 0 Å². The topological polar surface area (TPSA) is 101 Å². The summed E-state index contributed by atoms with van der Waals surface area (Å²) < 4.78 is 6.84. The monoisotopic (exact) mass is 341 g/mol. The number of fused-ring (bicyclic) bond motifs is 1. The number of carbonyl (C=O) groups is 2. The maximum absolute atomic E-state index is 12.5. The van der Waals surface area contributed by atoms with Crippen molar-refractivity contribution in [1.29, 1.82) is 0 Å². The van der Waals surface area contributed by atoms with Gasteiger partial charge in [-0.25, -0.2) is 4.79 Å². The van der Waals surface area contributed by atoms with Gasteiger partial charge in [0.1, 0.15) is 5.69 Å². The van der Waals surface area contributed by atoms with Gasteiger partial charge in [-0.05, 0) is 38.5 Å². The van der Waals surface area contributed by atoms with Crippen molar-refractivity contribution in [1.82, 2.24) is 24.9 Å². The van der Waals surface area contributed by atoms with Crippen molar-refractivity contribution in [3.8, 4) is 0 Å². The number of aromatic nitrogens is 4. The molecule has 25 heavy (non-hydrogen) atoms. The number of aromatic amines is 1. The van der Waals surface area contributed by atoms with Crippen LogP contribution < -0.4 is 5.32 Å². The molecule has 3 heterocycles. The molecule has 3 aromatic heterocycles. The molecule has 0 fully saturated rings. The summed E-state index contributed by atoms with van der Waals surface area (Å²) in [6.45, 7) is 5.70. The highest BCUT2D eigenvalue weighted by Gasteiger charge is 2.22. The molecule has 0 spiro atoms. The van der Waals surface area contributed by atoms with Crippen LogP contribution >= 0.6 is 0 Å². The number of carbonyl (C=O) groups excluding carboxylic acids is 2. The highest BCUT2D eigenvalue weighted by molar-refractivity contribution is 6.00. The SMILES string of the molecule is CCOC(=O)c1c(C)[nH]c(C(=O)NCc2nnc3ccccn23)c1C. The number of hydrogen-bond acceptors (Lipinski definition) is 5. The van der Waals surface area contributed by atoms with E-state index < -0.39 is 5.97 Å². The Hall–Kier alpha value is -3.16. The van der Waals surface area contributed by atoms with Gasteiger partial charge in [0.15, 0.2) is 11.5 Å². The summed E-state index contributed by atoms with van der Waals surface area (Å²) in [7, 11) is 0. The summed E-state index contributed by atoms with van der Waals surface area (Å²) in [5.41, 5.74) is 2.63. The van der Waals surface area contributed by atoms with Gasteiger partial charge in [0.2, 0.25) is 0 Å². The van der Waals surface area contributed by atoms with E-state index in [-0.39, 0.29) is 19.1 Å². The number of amides is 1. The minimum Gasteiger partial charge on any atom is -0.462 e. The van der Waals surface area contributed by atoms with Gasteiger partial charge < -0.3 is 15.0 Å². The van der Waals surface area contributed by atoms with Crippen LogP contribution in [-0.2, 0) is 11.3 Å². The highest BCUT2D eigenvalue weighted by Crippen LogP contribution is 2.19. The number of hydrogen-bond donors (Lipinski definition) is 2. The fraction of sp³-hybridized carbons (Fsp3) is 0.294. The fourth-order valence-electron chi connectivity index (χ4n) is 2.75. The van der Waals surface area contributed by atoms with Gasteiger partial charge in [-0.15, -0.1) is 10.2 Å². The molecular formula is C17H19N5O3. The molecule has 0 atom stereocenters. The minimum absolute atomic E-state index is 0.219. The molecule has 0 radical (unpaired) electrons. The summed E-state index contributed by atoms with van der Waals surface area (Å²) in [6, 6.07) is 5.57. The second kappa shape index (κ2) is 6.76. The first-order valence-corrected chi connectivity index (χ1v) is 7.96. The first kappa shape index (κ1) is 16.7. The highest BCUT2D eigenvalue weighted by atomic mass is 16.5. The number of rotatable bonds is 5. The lowest BCUT2D eigenvalue weighted by molar-refractivity contribution is 0.0525. The van der Waals surface area contributed by atoms with Crippen LogP contribution in [0.1, 0.15) is 44.9 Å². The van der Waals surface area contributed by atoms with Crippen molar-refractivity contribution in [3.63, 3.8) is 0 Å². The van der Waals surface area contributed by atoms with E-state index in [1.165, 1.54) is 0 Å². The Morgan fingerprint density at radius 2 is 2.08 bits per heavy atom. The second-order valence-electron chi connectivity index (χ2n) is 5.57. The number of nitrogens with zero attached hydrogens (tertiary/aromatic N) is 3. The summed E-state index contributed by atoms with van der Waals surface area (Å²) in [5.74, 6) is -0.129. The van der Waals surface area contributed by atoms with E-state index in [1.807, 2.05) is 24.4 Å². The average Bonchev–Trinajstić information content (AvgIpc) is 3.13. The molecule has 1 amide bonds. The first-order chi connectivity index (χ1) is 12.0. The average molecular weight is 341 g/mol. The van der Waals surface area contributed by atoms with Crippen LogP contribution in [0.25, 0.3) is 5.65 Å². The maximum Gasteiger partial charge on any atom is 0.340 e. The standard InChI is InChI=1S/C17H19N5O3/c1-4-25-17(24)14-10(2)15(19-11(14)3)16(23)18-9-13-21-20-12-7-5-6-8-22(12)13/h5-8,19H,4,9H2,1-3H3,(H,18,23). The van der Waals surface area contributed by atoms with Crippen molar-refractivity contribution in [2.24, 2.45) is 0 Å². The molecule has 2 N–H and O–H groups in total. The van der Waals surface area contributed by atoms with E-state index in [1.54, 1.807) is 25.2 Å². The number of H-pyrrole nitrogens is 1. The van der Waals surface area contributed by atoms with Gasteiger partial charge in [-0.1, -0.05) is 6.07 Å². The smallest absolute Gasteiger partial charge is 0.340 e. The van der Waals surface area contributed by atoms with Gasteiger partial charge in [0, 0.05) is 11.9 Å². The molecule has 0 bridgehead atoms. The van der Waals surface area contributed by atoms with Crippen molar-refractivity contribution in [3.05, 3.63) is 52.7 Å². The molecule has 8 nitrogen and oxygen atoms in total. The molecule has 3 rings (SSSR count). The van der Waals surface area contributed by atoms with E-state index in [2.05, 4.69) is 20.5 Å². The molecule has 0 saturated heterocycles. The number of aryl methyl sites for hydroxylation is 1. The molecule has 0 aromatic carbocycles. The van der Waals surface area contributed by atoms with Crippen LogP contribution in [0.4, 0.5) is 0 Å².